The molecule has 10 heteroatoms. The van der Waals surface area contributed by atoms with Crippen molar-refractivity contribution < 1.29 is 19.1 Å². The van der Waals surface area contributed by atoms with Crippen molar-refractivity contribution in [1.29, 1.82) is 0 Å². The highest BCUT2D eigenvalue weighted by molar-refractivity contribution is 8.00. The first-order valence-corrected chi connectivity index (χ1v) is 10.7. The van der Waals surface area contributed by atoms with Gasteiger partial charge < -0.3 is 20.5 Å². The van der Waals surface area contributed by atoms with Crippen LogP contribution >= 0.6 is 23.4 Å². The minimum atomic E-state index is -0.590. The highest BCUT2D eigenvalue weighted by Gasteiger charge is 2.30. The largest absolute Gasteiger partial charge is 0.493 e. The van der Waals surface area contributed by atoms with E-state index in [4.69, 9.17) is 26.8 Å². The summed E-state index contributed by atoms with van der Waals surface area (Å²) in [6.45, 7) is -0.274. The molecule has 0 spiro atoms. The molecule has 4 rings (SSSR count). The number of nitrogens with one attached hydrogen (secondary N) is 1. The SMILES string of the molecule is COc1ccc(C2SCC(=O)Nc3ncn(-c4cccc(Cl)c4)c32)cc1OCC(N)=O. The van der Waals surface area contributed by atoms with E-state index in [0.717, 1.165) is 16.9 Å². The van der Waals surface area contributed by atoms with E-state index < -0.39 is 5.91 Å². The van der Waals surface area contributed by atoms with Crippen molar-refractivity contribution in [3.63, 3.8) is 0 Å². The Bertz CT molecular complexity index is 1150. The Hall–Kier alpha value is -3.17. The lowest BCUT2D eigenvalue weighted by atomic mass is 10.1. The average Bonchev–Trinajstić information content (AvgIpc) is 3.08. The molecule has 2 aromatic carbocycles. The van der Waals surface area contributed by atoms with Crippen molar-refractivity contribution >= 4 is 41.0 Å². The summed E-state index contributed by atoms with van der Waals surface area (Å²) in [5.41, 5.74) is 7.69. The van der Waals surface area contributed by atoms with Gasteiger partial charge in [-0.15, -0.1) is 11.8 Å². The van der Waals surface area contributed by atoms with E-state index >= 15 is 0 Å². The molecule has 0 radical (unpaired) electrons. The lowest BCUT2D eigenvalue weighted by Crippen LogP contribution is -2.20. The quantitative estimate of drug-likeness (QED) is 0.587. The molecule has 3 aromatic rings. The normalized spacial score (nSPS) is 15.5. The zero-order valence-corrected chi connectivity index (χ0v) is 18.1. The number of amides is 2. The Labute approximate surface area is 187 Å². The predicted molar refractivity (Wildman–Crippen MR) is 119 cm³/mol. The van der Waals surface area contributed by atoms with Gasteiger partial charge in [-0.2, -0.15) is 0 Å². The Kier molecular flexibility index (Phi) is 6.06. The Morgan fingerprint density at radius 3 is 2.90 bits per heavy atom. The van der Waals surface area contributed by atoms with Gasteiger partial charge in [0.05, 0.1) is 23.8 Å². The topological polar surface area (TPSA) is 108 Å². The van der Waals surface area contributed by atoms with Crippen LogP contribution in [0.2, 0.25) is 5.02 Å². The maximum Gasteiger partial charge on any atom is 0.255 e. The number of ether oxygens (including phenoxy) is 2. The summed E-state index contributed by atoms with van der Waals surface area (Å²) in [7, 11) is 1.52. The summed E-state index contributed by atoms with van der Waals surface area (Å²) in [6.07, 6.45) is 1.66. The van der Waals surface area contributed by atoms with Crippen molar-refractivity contribution in [2.75, 3.05) is 24.8 Å². The second-order valence-corrected chi connectivity index (χ2v) is 8.26. The third-order valence-electron chi connectivity index (χ3n) is 4.64. The van der Waals surface area contributed by atoms with Crippen LogP contribution in [0, 0.1) is 0 Å². The highest BCUT2D eigenvalue weighted by Crippen LogP contribution is 2.44. The zero-order chi connectivity index (χ0) is 22.0. The first-order valence-electron chi connectivity index (χ1n) is 9.30. The van der Waals surface area contributed by atoms with Gasteiger partial charge in [0, 0.05) is 10.7 Å². The predicted octanol–water partition coefficient (Wildman–Crippen LogP) is 3.17. The molecule has 1 aromatic heterocycles. The van der Waals surface area contributed by atoms with Gasteiger partial charge in [-0.05, 0) is 35.9 Å². The molecule has 2 heterocycles. The maximum absolute atomic E-state index is 12.3. The van der Waals surface area contributed by atoms with E-state index in [2.05, 4.69) is 10.3 Å². The second kappa shape index (κ2) is 8.91. The number of rotatable bonds is 6. The maximum atomic E-state index is 12.3. The molecule has 0 bridgehead atoms. The molecule has 0 aliphatic carbocycles. The fourth-order valence-electron chi connectivity index (χ4n) is 3.31. The van der Waals surface area contributed by atoms with Crippen molar-refractivity contribution in [3.8, 4) is 17.2 Å². The monoisotopic (exact) mass is 458 g/mol. The summed E-state index contributed by atoms with van der Waals surface area (Å²) in [4.78, 5) is 27.9. The number of thioether (sulfide) groups is 1. The minimum Gasteiger partial charge on any atom is -0.493 e. The average molecular weight is 459 g/mol. The second-order valence-electron chi connectivity index (χ2n) is 6.73. The summed E-state index contributed by atoms with van der Waals surface area (Å²) in [5, 5.41) is 3.20. The molecule has 8 nitrogen and oxygen atoms in total. The van der Waals surface area contributed by atoms with E-state index in [-0.39, 0.29) is 23.5 Å². The van der Waals surface area contributed by atoms with Gasteiger partial charge in [-0.25, -0.2) is 4.98 Å². The molecule has 0 fully saturated rings. The van der Waals surface area contributed by atoms with Crippen LogP contribution in [0.3, 0.4) is 0 Å². The number of benzene rings is 2. The number of hydrogen-bond acceptors (Lipinski definition) is 6. The Morgan fingerprint density at radius 2 is 2.16 bits per heavy atom. The van der Waals surface area contributed by atoms with Crippen LogP contribution in [0.1, 0.15) is 16.5 Å². The first-order chi connectivity index (χ1) is 15.0. The van der Waals surface area contributed by atoms with Crippen molar-refractivity contribution in [3.05, 3.63) is 65.1 Å². The number of nitrogens with two attached hydrogens (primary N) is 1. The molecular weight excluding hydrogens is 440 g/mol. The number of imidazole rings is 1. The molecule has 160 valence electrons. The summed E-state index contributed by atoms with van der Waals surface area (Å²) >= 11 is 7.65. The molecular formula is C21H19ClN4O4S. The van der Waals surface area contributed by atoms with Crippen molar-refractivity contribution in [1.82, 2.24) is 9.55 Å². The van der Waals surface area contributed by atoms with Gasteiger partial charge in [-0.1, -0.05) is 23.7 Å². The number of fused-ring (bicyclic) bond motifs is 1. The van der Waals surface area contributed by atoms with Crippen LogP contribution in [0.5, 0.6) is 11.5 Å². The van der Waals surface area contributed by atoms with Crippen molar-refractivity contribution in [2.24, 2.45) is 5.73 Å². The van der Waals surface area contributed by atoms with Crippen LogP contribution in [-0.2, 0) is 9.59 Å². The molecule has 31 heavy (non-hydrogen) atoms. The number of carbonyl (C=O) groups is 2. The summed E-state index contributed by atoms with van der Waals surface area (Å²) < 4.78 is 12.8. The van der Waals surface area contributed by atoms with Crippen LogP contribution in [0.15, 0.2) is 48.8 Å². The number of methoxy groups -OCH3 is 1. The summed E-state index contributed by atoms with van der Waals surface area (Å²) in [5.74, 6) is 0.867. The number of aromatic nitrogens is 2. The number of carbonyl (C=O) groups excluding carboxylic acids is 2. The van der Waals surface area contributed by atoms with Crippen LogP contribution < -0.4 is 20.5 Å². The number of nitrogens with zero attached hydrogens (tertiary/aromatic N) is 2. The number of primary amides is 1. The lowest BCUT2D eigenvalue weighted by molar-refractivity contribution is -0.120. The van der Waals surface area contributed by atoms with Gasteiger partial charge in [0.2, 0.25) is 5.91 Å². The third kappa shape index (κ3) is 4.47. The molecule has 0 saturated carbocycles. The molecule has 1 aliphatic heterocycles. The molecule has 3 N–H and O–H groups in total. The third-order valence-corrected chi connectivity index (χ3v) is 6.13. The molecule has 1 atom stereocenters. The Balaban J connectivity index is 1.81. The van der Waals surface area contributed by atoms with E-state index in [1.807, 2.05) is 28.8 Å². The van der Waals surface area contributed by atoms with E-state index in [1.54, 1.807) is 24.5 Å². The number of anilines is 1. The van der Waals surface area contributed by atoms with E-state index in [1.165, 1.54) is 18.9 Å². The van der Waals surface area contributed by atoms with Crippen LogP contribution in [0.25, 0.3) is 5.69 Å². The fourth-order valence-corrected chi connectivity index (χ4v) is 4.61. The van der Waals surface area contributed by atoms with Gasteiger partial charge in [0.1, 0.15) is 6.33 Å². The lowest BCUT2D eigenvalue weighted by Gasteiger charge is -2.20. The Morgan fingerprint density at radius 1 is 1.32 bits per heavy atom. The molecule has 2 amide bonds. The fraction of sp³-hybridized carbons (Fsp3) is 0.190. The van der Waals surface area contributed by atoms with Gasteiger partial charge in [0.25, 0.3) is 5.91 Å². The van der Waals surface area contributed by atoms with Gasteiger partial charge in [0.15, 0.2) is 23.9 Å². The molecule has 1 aliphatic rings. The van der Waals surface area contributed by atoms with Crippen LogP contribution in [-0.4, -0.2) is 40.8 Å². The molecule has 1 unspecified atom stereocenters. The standard InChI is InChI=1S/C21H19ClN4O4S/c1-29-15-6-5-12(7-16(15)30-9-17(23)27)20-19-21(25-18(28)10-31-20)24-11-26(19)14-4-2-3-13(22)8-14/h2-8,11,20H,9-10H2,1H3,(H2,23,27)(H,25,28). The molecule has 0 saturated heterocycles. The van der Waals surface area contributed by atoms with Crippen LogP contribution in [0.4, 0.5) is 5.82 Å². The van der Waals surface area contributed by atoms with Gasteiger partial charge >= 0.3 is 0 Å². The number of halogens is 1. The van der Waals surface area contributed by atoms with E-state index in [9.17, 15) is 9.59 Å². The minimum absolute atomic E-state index is 0.135. The summed E-state index contributed by atoms with van der Waals surface area (Å²) in [6, 6.07) is 12.8. The zero-order valence-electron chi connectivity index (χ0n) is 16.5. The van der Waals surface area contributed by atoms with E-state index in [0.29, 0.717) is 22.3 Å². The van der Waals surface area contributed by atoms with Gasteiger partial charge in [-0.3, -0.25) is 14.2 Å². The number of hydrogen-bond donors (Lipinski definition) is 2. The highest BCUT2D eigenvalue weighted by atomic mass is 35.5. The smallest absolute Gasteiger partial charge is 0.255 e. The van der Waals surface area contributed by atoms with Crippen molar-refractivity contribution in [2.45, 2.75) is 5.25 Å². The first kappa shape index (κ1) is 21.1.